The summed E-state index contributed by atoms with van der Waals surface area (Å²) < 4.78 is 0. The Hall–Kier alpha value is -4.72. The van der Waals surface area contributed by atoms with E-state index in [1.807, 2.05) is 60.5 Å². The molecule has 2 N–H and O–H groups in total. The lowest BCUT2D eigenvalue weighted by Gasteiger charge is -2.35. The van der Waals surface area contributed by atoms with Crippen LogP contribution < -0.4 is 15.5 Å². The first-order chi connectivity index (χ1) is 18.4. The van der Waals surface area contributed by atoms with Gasteiger partial charge in [0.25, 0.3) is 0 Å². The van der Waals surface area contributed by atoms with Gasteiger partial charge in [-0.05, 0) is 60.5 Å². The predicted molar refractivity (Wildman–Crippen MR) is 153 cm³/mol. The van der Waals surface area contributed by atoms with Crippen molar-refractivity contribution in [1.82, 2.24) is 14.9 Å². The molecule has 8 heteroatoms. The zero-order valence-electron chi connectivity index (χ0n) is 21.6. The van der Waals surface area contributed by atoms with Crippen LogP contribution in [0.25, 0.3) is 22.0 Å². The van der Waals surface area contributed by atoms with Crippen molar-refractivity contribution in [2.24, 2.45) is 0 Å². The van der Waals surface area contributed by atoms with Gasteiger partial charge in [-0.25, -0.2) is 9.97 Å². The fourth-order valence-electron chi connectivity index (χ4n) is 4.73. The topological polar surface area (TPSA) is 90.5 Å². The Morgan fingerprint density at radius 3 is 2.45 bits per heavy atom. The van der Waals surface area contributed by atoms with Crippen molar-refractivity contribution < 1.29 is 9.59 Å². The molecule has 2 heterocycles. The van der Waals surface area contributed by atoms with Crippen molar-refractivity contribution in [2.45, 2.75) is 13.8 Å². The number of aromatic nitrogens is 2. The van der Waals surface area contributed by atoms with Gasteiger partial charge in [0.15, 0.2) is 0 Å². The average molecular weight is 507 g/mol. The van der Waals surface area contributed by atoms with Gasteiger partial charge in [0.1, 0.15) is 0 Å². The first-order valence-electron chi connectivity index (χ1n) is 12.6. The van der Waals surface area contributed by atoms with Gasteiger partial charge >= 0.3 is 0 Å². The summed E-state index contributed by atoms with van der Waals surface area (Å²) in [4.78, 5) is 37.0. The van der Waals surface area contributed by atoms with E-state index in [0.29, 0.717) is 11.6 Å². The Morgan fingerprint density at radius 1 is 0.974 bits per heavy atom. The molecule has 0 aliphatic carbocycles. The smallest absolute Gasteiger partial charge is 0.247 e. The average Bonchev–Trinajstić information content (AvgIpc) is 2.93. The fourth-order valence-corrected chi connectivity index (χ4v) is 4.73. The first-order valence-corrected chi connectivity index (χ1v) is 12.6. The number of nitrogens with zero attached hydrogens (tertiary/aromatic N) is 4. The number of amides is 2. The predicted octanol–water partition coefficient (Wildman–Crippen LogP) is 5.14. The highest BCUT2D eigenvalue weighted by Crippen LogP contribution is 2.33. The van der Waals surface area contributed by atoms with Gasteiger partial charge in [-0.3, -0.25) is 9.59 Å². The van der Waals surface area contributed by atoms with E-state index in [4.69, 9.17) is 4.98 Å². The van der Waals surface area contributed by atoms with Crippen LogP contribution in [0.5, 0.6) is 0 Å². The number of hydrogen-bond donors (Lipinski definition) is 2. The van der Waals surface area contributed by atoms with E-state index in [1.165, 1.54) is 6.08 Å². The van der Waals surface area contributed by atoms with Gasteiger partial charge in [0.05, 0.1) is 5.52 Å². The number of rotatable bonds is 6. The molecule has 1 aliphatic rings. The first kappa shape index (κ1) is 25.0. The van der Waals surface area contributed by atoms with E-state index in [1.54, 1.807) is 6.92 Å². The SMILES string of the molecule is C=CC(=O)Nc1cccc(-c2c(C)ccc3cnc(Nc4ccc(N5CCN(C(C)=O)CC5)cc4)nc23)c1. The van der Waals surface area contributed by atoms with Crippen molar-refractivity contribution in [3.8, 4) is 11.1 Å². The monoisotopic (exact) mass is 506 g/mol. The molecular weight excluding hydrogens is 476 g/mol. The largest absolute Gasteiger partial charge is 0.368 e. The molecule has 0 unspecified atom stereocenters. The molecule has 1 aliphatic heterocycles. The second-order valence-corrected chi connectivity index (χ2v) is 9.33. The minimum atomic E-state index is -0.255. The molecule has 1 fully saturated rings. The highest BCUT2D eigenvalue weighted by atomic mass is 16.2. The number of piperazine rings is 1. The Labute approximate surface area is 222 Å². The summed E-state index contributed by atoms with van der Waals surface area (Å²) >= 11 is 0. The second-order valence-electron chi connectivity index (χ2n) is 9.33. The molecule has 8 nitrogen and oxygen atoms in total. The lowest BCUT2D eigenvalue weighted by Crippen LogP contribution is -2.48. The molecule has 5 rings (SSSR count). The molecule has 0 bridgehead atoms. The molecule has 0 radical (unpaired) electrons. The quantitative estimate of drug-likeness (QED) is 0.352. The van der Waals surface area contributed by atoms with Gasteiger partial charge in [0.2, 0.25) is 17.8 Å². The summed E-state index contributed by atoms with van der Waals surface area (Å²) in [5.74, 6) is 0.378. The van der Waals surface area contributed by atoms with E-state index >= 15 is 0 Å². The van der Waals surface area contributed by atoms with E-state index in [9.17, 15) is 9.59 Å². The number of carbonyl (C=O) groups excluding carboxylic acids is 2. The highest BCUT2D eigenvalue weighted by molar-refractivity contribution is 6.00. The Balaban J connectivity index is 1.38. The molecule has 3 aromatic carbocycles. The summed E-state index contributed by atoms with van der Waals surface area (Å²) in [6, 6.07) is 20.0. The number of benzene rings is 3. The van der Waals surface area contributed by atoms with Crippen LogP contribution in [0.3, 0.4) is 0 Å². The molecule has 0 spiro atoms. The molecule has 0 atom stereocenters. The summed E-state index contributed by atoms with van der Waals surface area (Å²) in [6.07, 6.45) is 3.07. The number of nitrogens with one attached hydrogen (secondary N) is 2. The van der Waals surface area contributed by atoms with Gasteiger partial charge < -0.3 is 20.4 Å². The Morgan fingerprint density at radius 2 is 1.74 bits per heavy atom. The number of carbonyl (C=O) groups is 2. The summed E-state index contributed by atoms with van der Waals surface area (Å²) in [7, 11) is 0. The van der Waals surface area contributed by atoms with Crippen LogP contribution in [-0.2, 0) is 9.59 Å². The van der Waals surface area contributed by atoms with Crippen molar-refractivity contribution in [3.63, 3.8) is 0 Å². The van der Waals surface area contributed by atoms with Crippen LogP contribution in [0.1, 0.15) is 12.5 Å². The van der Waals surface area contributed by atoms with Crippen LogP contribution in [0, 0.1) is 6.92 Å². The van der Waals surface area contributed by atoms with Crippen LogP contribution >= 0.6 is 0 Å². The molecule has 1 aromatic heterocycles. The van der Waals surface area contributed by atoms with E-state index in [-0.39, 0.29) is 11.8 Å². The molecule has 192 valence electrons. The molecule has 1 saturated heterocycles. The van der Waals surface area contributed by atoms with E-state index < -0.39 is 0 Å². The lowest BCUT2D eigenvalue weighted by molar-refractivity contribution is -0.129. The maximum atomic E-state index is 11.8. The van der Waals surface area contributed by atoms with Gasteiger partial charge in [0, 0.05) is 67.3 Å². The third kappa shape index (κ3) is 5.34. The molecule has 38 heavy (non-hydrogen) atoms. The highest BCUT2D eigenvalue weighted by Gasteiger charge is 2.19. The number of fused-ring (bicyclic) bond motifs is 1. The van der Waals surface area contributed by atoms with Crippen LogP contribution in [0.2, 0.25) is 0 Å². The fraction of sp³-hybridized carbons (Fsp3) is 0.200. The maximum absolute atomic E-state index is 11.8. The van der Waals surface area contributed by atoms with Crippen LogP contribution in [-0.4, -0.2) is 52.9 Å². The standard InChI is InChI=1S/C30H30N6O2/c1-4-27(38)32-25-7-5-6-22(18-25)28-20(2)8-9-23-19-31-30(34-29(23)28)33-24-10-12-26(13-11-24)36-16-14-35(15-17-36)21(3)37/h4-13,18-19H,1,14-17H2,2-3H3,(H,32,38)(H,31,33,34). The van der Waals surface area contributed by atoms with Crippen molar-refractivity contribution in [2.75, 3.05) is 41.7 Å². The second kappa shape index (κ2) is 10.7. The minimum absolute atomic E-state index is 0.130. The zero-order valence-corrected chi connectivity index (χ0v) is 21.6. The van der Waals surface area contributed by atoms with Gasteiger partial charge in [-0.15, -0.1) is 0 Å². The third-order valence-electron chi connectivity index (χ3n) is 6.78. The molecule has 0 saturated carbocycles. The van der Waals surface area contributed by atoms with Crippen molar-refractivity contribution in [3.05, 3.63) is 85.1 Å². The zero-order chi connectivity index (χ0) is 26.6. The number of hydrogen-bond acceptors (Lipinski definition) is 6. The van der Waals surface area contributed by atoms with E-state index in [2.05, 4.69) is 45.3 Å². The summed E-state index contributed by atoms with van der Waals surface area (Å²) in [5, 5.41) is 7.08. The molecular formula is C30H30N6O2. The van der Waals surface area contributed by atoms with Gasteiger partial charge in [-0.2, -0.15) is 0 Å². The Bertz CT molecular complexity index is 1510. The lowest BCUT2D eigenvalue weighted by atomic mass is 9.97. The summed E-state index contributed by atoms with van der Waals surface area (Å²) in [6.45, 7) is 10.3. The molecule has 4 aromatic rings. The third-order valence-corrected chi connectivity index (χ3v) is 6.78. The maximum Gasteiger partial charge on any atom is 0.247 e. The van der Waals surface area contributed by atoms with Crippen LogP contribution in [0.15, 0.2) is 79.5 Å². The number of aryl methyl sites for hydroxylation is 1. The van der Waals surface area contributed by atoms with Crippen molar-refractivity contribution in [1.29, 1.82) is 0 Å². The Kier molecular flexibility index (Phi) is 7.04. The van der Waals surface area contributed by atoms with Crippen molar-refractivity contribution >= 4 is 45.7 Å². The number of anilines is 4. The van der Waals surface area contributed by atoms with E-state index in [0.717, 1.165) is 65.1 Å². The van der Waals surface area contributed by atoms with Crippen LogP contribution in [0.4, 0.5) is 23.0 Å². The molecule has 2 amide bonds. The summed E-state index contributed by atoms with van der Waals surface area (Å²) in [5.41, 5.74) is 6.55. The van der Waals surface area contributed by atoms with Gasteiger partial charge in [-0.1, -0.05) is 30.8 Å². The normalized spacial score (nSPS) is 13.3. The minimum Gasteiger partial charge on any atom is -0.368 e.